The van der Waals surface area contributed by atoms with Crippen LogP contribution in [0.4, 0.5) is 0 Å². The lowest BCUT2D eigenvalue weighted by Gasteiger charge is -2.11. The molecule has 0 radical (unpaired) electrons. The molecule has 1 atom stereocenters. The van der Waals surface area contributed by atoms with E-state index in [2.05, 4.69) is 0 Å². The lowest BCUT2D eigenvalue weighted by molar-refractivity contribution is -0.135. The fourth-order valence-electron chi connectivity index (χ4n) is 1.82. The molecule has 0 amide bonds. The molecule has 2 aromatic carbocycles. The topological polar surface area (TPSA) is 73.9 Å². The van der Waals surface area contributed by atoms with Crippen molar-refractivity contribution >= 4 is 5.97 Å². The molecular formula is C17H12N2O2. The molecule has 0 N–H and O–H groups in total. The van der Waals surface area contributed by atoms with E-state index in [4.69, 9.17) is 15.3 Å². The highest BCUT2D eigenvalue weighted by Crippen LogP contribution is 2.20. The number of ether oxygens (including phenoxy) is 1. The van der Waals surface area contributed by atoms with Gasteiger partial charge in [-0.05, 0) is 48.9 Å². The predicted octanol–water partition coefficient (Wildman–Crippen LogP) is 3.14. The number of esters is 1. The van der Waals surface area contributed by atoms with Crippen molar-refractivity contribution in [2.75, 3.05) is 0 Å². The van der Waals surface area contributed by atoms with Crippen LogP contribution in [0.15, 0.2) is 48.5 Å². The molecule has 2 rings (SSSR count). The molecule has 4 nitrogen and oxygen atoms in total. The van der Waals surface area contributed by atoms with Gasteiger partial charge in [-0.15, -0.1) is 0 Å². The second-order valence-corrected chi connectivity index (χ2v) is 4.52. The van der Waals surface area contributed by atoms with Gasteiger partial charge in [-0.3, -0.25) is 4.79 Å². The van der Waals surface area contributed by atoms with Crippen LogP contribution in [0.25, 0.3) is 0 Å². The molecule has 21 heavy (non-hydrogen) atoms. The number of rotatable bonds is 3. The number of hydrogen-bond donors (Lipinski definition) is 0. The van der Waals surface area contributed by atoms with Gasteiger partial charge in [0.1, 0.15) is 5.75 Å². The summed E-state index contributed by atoms with van der Waals surface area (Å²) in [7, 11) is 0. The first-order valence-electron chi connectivity index (χ1n) is 6.36. The van der Waals surface area contributed by atoms with Crippen molar-refractivity contribution in [1.82, 2.24) is 0 Å². The van der Waals surface area contributed by atoms with Crippen molar-refractivity contribution in [2.45, 2.75) is 12.8 Å². The van der Waals surface area contributed by atoms with E-state index in [0.29, 0.717) is 16.9 Å². The summed E-state index contributed by atoms with van der Waals surface area (Å²) in [6.45, 7) is 1.72. The number of carbonyl (C=O) groups is 1. The Kier molecular flexibility index (Phi) is 4.33. The van der Waals surface area contributed by atoms with Crippen LogP contribution in [0.1, 0.15) is 29.5 Å². The molecule has 0 aliphatic carbocycles. The lowest BCUT2D eigenvalue weighted by Crippen LogP contribution is -2.16. The zero-order valence-electron chi connectivity index (χ0n) is 11.4. The minimum atomic E-state index is -0.478. The highest BCUT2D eigenvalue weighted by Gasteiger charge is 2.18. The summed E-state index contributed by atoms with van der Waals surface area (Å²) < 4.78 is 5.27. The van der Waals surface area contributed by atoms with Crippen molar-refractivity contribution in [3.63, 3.8) is 0 Å². The maximum absolute atomic E-state index is 12.1. The number of nitrogens with zero attached hydrogens (tertiary/aromatic N) is 2. The van der Waals surface area contributed by atoms with Crippen molar-refractivity contribution in [1.29, 1.82) is 10.5 Å². The summed E-state index contributed by atoms with van der Waals surface area (Å²) in [6.07, 6.45) is 0. The molecular weight excluding hydrogens is 264 g/mol. The van der Waals surface area contributed by atoms with E-state index in [0.717, 1.165) is 5.56 Å². The summed E-state index contributed by atoms with van der Waals surface area (Å²) in [5.74, 6) is -0.494. The van der Waals surface area contributed by atoms with Crippen molar-refractivity contribution < 1.29 is 9.53 Å². The van der Waals surface area contributed by atoms with Gasteiger partial charge in [0, 0.05) is 0 Å². The molecule has 2 aromatic rings. The monoisotopic (exact) mass is 276 g/mol. The van der Waals surface area contributed by atoms with Gasteiger partial charge in [0.05, 0.1) is 29.2 Å². The van der Waals surface area contributed by atoms with E-state index in [1.165, 1.54) is 0 Å². The van der Waals surface area contributed by atoms with Crippen molar-refractivity contribution in [2.24, 2.45) is 0 Å². The highest BCUT2D eigenvalue weighted by molar-refractivity contribution is 5.80. The predicted molar refractivity (Wildman–Crippen MR) is 76.4 cm³/mol. The van der Waals surface area contributed by atoms with E-state index in [9.17, 15) is 4.79 Å². The van der Waals surface area contributed by atoms with Crippen LogP contribution in [-0.2, 0) is 4.79 Å². The quantitative estimate of drug-likeness (QED) is 0.637. The third kappa shape index (κ3) is 3.46. The van der Waals surface area contributed by atoms with Crippen LogP contribution >= 0.6 is 0 Å². The van der Waals surface area contributed by atoms with E-state index in [1.807, 2.05) is 12.1 Å². The van der Waals surface area contributed by atoms with Crippen LogP contribution < -0.4 is 4.74 Å². The van der Waals surface area contributed by atoms with Gasteiger partial charge >= 0.3 is 5.97 Å². The second kappa shape index (κ2) is 6.36. The van der Waals surface area contributed by atoms with Gasteiger partial charge in [-0.25, -0.2) is 0 Å². The molecule has 0 saturated heterocycles. The lowest BCUT2D eigenvalue weighted by atomic mass is 9.99. The standard InChI is InChI=1S/C17H12N2O2/c1-12(15-4-2-3-14(9-15)11-19)17(20)21-16-7-5-13(10-18)6-8-16/h2-9,12H,1H3. The second-order valence-electron chi connectivity index (χ2n) is 4.52. The maximum atomic E-state index is 12.1. The van der Waals surface area contributed by atoms with Gasteiger partial charge in [-0.2, -0.15) is 10.5 Å². The maximum Gasteiger partial charge on any atom is 0.318 e. The molecule has 0 aliphatic rings. The van der Waals surface area contributed by atoms with Crippen LogP contribution in [-0.4, -0.2) is 5.97 Å². The Labute approximate surface area is 122 Å². The molecule has 0 spiro atoms. The number of hydrogen-bond acceptors (Lipinski definition) is 4. The average molecular weight is 276 g/mol. The minimum Gasteiger partial charge on any atom is -0.426 e. The molecule has 1 unspecified atom stereocenters. The van der Waals surface area contributed by atoms with Crippen molar-refractivity contribution in [3.8, 4) is 17.9 Å². The first kappa shape index (κ1) is 14.3. The van der Waals surface area contributed by atoms with Crippen LogP contribution in [0.5, 0.6) is 5.75 Å². The summed E-state index contributed by atoms with van der Waals surface area (Å²) >= 11 is 0. The Bertz CT molecular complexity index is 737. The molecule has 0 aromatic heterocycles. The summed E-state index contributed by atoms with van der Waals surface area (Å²) in [5.41, 5.74) is 1.74. The summed E-state index contributed by atoms with van der Waals surface area (Å²) in [4.78, 5) is 12.1. The Morgan fingerprint density at radius 3 is 2.33 bits per heavy atom. The molecule has 0 saturated carbocycles. The first-order chi connectivity index (χ1) is 10.1. The Hall–Kier alpha value is -3.11. The Morgan fingerprint density at radius 1 is 1.05 bits per heavy atom. The van der Waals surface area contributed by atoms with Gasteiger partial charge in [0.2, 0.25) is 0 Å². The van der Waals surface area contributed by atoms with E-state index < -0.39 is 11.9 Å². The molecule has 0 aliphatic heterocycles. The van der Waals surface area contributed by atoms with Gasteiger partial charge in [0.25, 0.3) is 0 Å². The SMILES string of the molecule is CC(C(=O)Oc1ccc(C#N)cc1)c1cccc(C#N)c1. The Morgan fingerprint density at radius 2 is 1.71 bits per heavy atom. The minimum absolute atomic E-state index is 0.391. The third-order valence-electron chi connectivity index (χ3n) is 3.07. The fourth-order valence-corrected chi connectivity index (χ4v) is 1.82. The normalized spacial score (nSPS) is 11.0. The van der Waals surface area contributed by atoms with Crippen LogP contribution in [0, 0.1) is 22.7 Å². The van der Waals surface area contributed by atoms with Crippen LogP contribution in [0.3, 0.4) is 0 Å². The molecule has 0 bridgehead atoms. The smallest absolute Gasteiger partial charge is 0.318 e. The first-order valence-corrected chi connectivity index (χ1v) is 6.36. The van der Waals surface area contributed by atoms with Gasteiger partial charge < -0.3 is 4.74 Å². The molecule has 102 valence electrons. The van der Waals surface area contributed by atoms with Gasteiger partial charge in [0.15, 0.2) is 0 Å². The molecule has 0 fully saturated rings. The number of benzene rings is 2. The summed E-state index contributed by atoms with van der Waals surface area (Å²) in [5, 5.41) is 17.6. The molecule has 4 heteroatoms. The van der Waals surface area contributed by atoms with E-state index in [-0.39, 0.29) is 0 Å². The zero-order valence-corrected chi connectivity index (χ0v) is 11.4. The fraction of sp³-hybridized carbons (Fsp3) is 0.118. The number of nitriles is 2. The van der Waals surface area contributed by atoms with Crippen LogP contribution in [0.2, 0.25) is 0 Å². The largest absolute Gasteiger partial charge is 0.426 e. The van der Waals surface area contributed by atoms with Gasteiger partial charge in [-0.1, -0.05) is 12.1 Å². The Balaban J connectivity index is 2.12. The van der Waals surface area contributed by atoms with E-state index in [1.54, 1.807) is 55.5 Å². The average Bonchev–Trinajstić information content (AvgIpc) is 2.54. The third-order valence-corrected chi connectivity index (χ3v) is 3.07. The zero-order chi connectivity index (χ0) is 15.2. The molecule has 0 heterocycles. The summed E-state index contributed by atoms with van der Waals surface area (Å²) in [6, 6.07) is 17.2. The number of carbonyl (C=O) groups excluding carboxylic acids is 1. The van der Waals surface area contributed by atoms with Crippen molar-refractivity contribution in [3.05, 3.63) is 65.2 Å². The highest BCUT2D eigenvalue weighted by atomic mass is 16.5. The van der Waals surface area contributed by atoms with E-state index >= 15 is 0 Å².